The summed E-state index contributed by atoms with van der Waals surface area (Å²) >= 11 is 11.3. The van der Waals surface area contributed by atoms with Crippen LogP contribution in [0.25, 0.3) is 0 Å². The van der Waals surface area contributed by atoms with E-state index in [9.17, 15) is 9.90 Å². The first-order valence-electron chi connectivity index (χ1n) is 10.5. The second-order valence-corrected chi connectivity index (χ2v) is 10.6. The number of hydrogen-bond acceptors (Lipinski definition) is 6. The van der Waals surface area contributed by atoms with Gasteiger partial charge in [0.25, 0.3) is 5.91 Å². The Labute approximate surface area is 205 Å². The first kappa shape index (κ1) is 23.3. The number of nitrogens with one attached hydrogen (secondary N) is 2. The maximum absolute atomic E-state index is 13.0. The molecule has 2 aromatic carbocycles. The van der Waals surface area contributed by atoms with Crippen LogP contribution in [-0.2, 0) is 4.79 Å². The minimum absolute atomic E-state index is 0.0459. The Morgan fingerprint density at radius 2 is 2.12 bits per heavy atom. The van der Waals surface area contributed by atoms with E-state index < -0.39 is 11.8 Å². The second-order valence-electron chi connectivity index (χ2n) is 7.85. The van der Waals surface area contributed by atoms with Gasteiger partial charge in [-0.15, -0.1) is 11.8 Å². The van der Waals surface area contributed by atoms with E-state index in [1.807, 2.05) is 48.0 Å². The lowest BCUT2D eigenvalue weighted by molar-refractivity contribution is -0.120. The number of thioether (sulfide) groups is 1. The van der Waals surface area contributed by atoms with Crippen LogP contribution in [0.5, 0.6) is 5.75 Å². The second kappa shape index (κ2) is 9.95. The molecule has 0 bridgehead atoms. The summed E-state index contributed by atoms with van der Waals surface area (Å²) in [6.45, 7) is 2.73. The van der Waals surface area contributed by atoms with E-state index in [0.29, 0.717) is 33.5 Å². The van der Waals surface area contributed by atoms with Crippen LogP contribution >= 0.6 is 39.3 Å². The minimum atomic E-state index is -0.543. The largest absolute Gasteiger partial charge is 0.506 e. The van der Waals surface area contributed by atoms with E-state index in [2.05, 4.69) is 21.4 Å². The number of aromatic hydroxyl groups is 1. The van der Waals surface area contributed by atoms with Gasteiger partial charge in [0.05, 0.1) is 11.1 Å². The van der Waals surface area contributed by atoms with Crippen LogP contribution in [0.15, 0.2) is 51.9 Å². The third-order valence-corrected chi connectivity index (χ3v) is 7.80. The molecule has 2 saturated heterocycles. The summed E-state index contributed by atoms with van der Waals surface area (Å²) in [4.78, 5) is 17.7. The number of nitrogens with zero attached hydrogens (tertiary/aromatic N) is 2. The summed E-state index contributed by atoms with van der Waals surface area (Å²) in [5.41, 5.74) is 4.57. The molecule has 4 rings (SSSR count). The molecule has 168 valence electrons. The van der Waals surface area contributed by atoms with Crippen LogP contribution < -0.4 is 5.43 Å². The zero-order valence-corrected chi connectivity index (χ0v) is 20.7. The molecule has 3 N–H and O–H groups in total. The summed E-state index contributed by atoms with van der Waals surface area (Å²) in [7, 11) is 0. The number of rotatable bonds is 7. The monoisotopic (exact) mass is 534 g/mol. The normalized spacial score (nSPS) is 21.5. The van der Waals surface area contributed by atoms with Gasteiger partial charge in [-0.25, -0.2) is 10.0 Å². The molecule has 2 aliphatic heterocycles. The third-order valence-electron chi connectivity index (χ3n) is 5.65. The van der Waals surface area contributed by atoms with Gasteiger partial charge in [-0.3, -0.25) is 15.6 Å². The molecule has 3 atom stereocenters. The Bertz CT molecular complexity index is 1060. The molecular weight excluding hydrogens is 512 g/mol. The number of phenols is 1. The van der Waals surface area contributed by atoms with Crippen molar-refractivity contribution in [1.29, 1.82) is 5.41 Å². The van der Waals surface area contributed by atoms with Crippen molar-refractivity contribution in [3.05, 3.63) is 57.5 Å². The number of hydrazine groups is 1. The smallest absolute Gasteiger partial charge is 0.279 e. The van der Waals surface area contributed by atoms with E-state index in [-0.39, 0.29) is 11.5 Å². The van der Waals surface area contributed by atoms with Crippen molar-refractivity contribution >= 4 is 62.3 Å². The summed E-state index contributed by atoms with van der Waals surface area (Å²) < 4.78 is 0.914. The molecule has 0 spiro atoms. The number of hydrogen-bond donors (Lipinski definition) is 3. The van der Waals surface area contributed by atoms with Crippen molar-refractivity contribution in [1.82, 2.24) is 10.4 Å². The third kappa shape index (κ3) is 5.20. The van der Waals surface area contributed by atoms with E-state index in [0.717, 1.165) is 23.0 Å². The molecule has 0 radical (unpaired) electrons. The van der Waals surface area contributed by atoms with Crippen LogP contribution in [0, 0.1) is 11.3 Å². The molecule has 2 aliphatic rings. The highest BCUT2D eigenvalue weighted by molar-refractivity contribution is 9.10. The molecule has 6 nitrogen and oxygen atoms in total. The highest BCUT2D eigenvalue weighted by atomic mass is 79.9. The SMILES string of the molecule is CCC(C(=N)C(=O)NN1CCCC2SC21)C(=Nc1ccc(Cl)cc1O)c1ccc(Br)cc1. The van der Waals surface area contributed by atoms with Crippen molar-refractivity contribution in [3.63, 3.8) is 0 Å². The molecule has 0 saturated carbocycles. The highest BCUT2D eigenvalue weighted by Crippen LogP contribution is 2.48. The van der Waals surface area contributed by atoms with Crippen LogP contribution in [-0.4, -0.2) is 44.6 Å². The summed E-state index contributed by atoms with van der Waals surface area (Å²) in [5, 5.41) is 22.3. The lowest BCUT2D eigenvalue weighted by atomic mass is 9.89. The van der Waals surface area contributed by atoms with Gasteiger partial charge in [0, 0.05) is 33.3 Å². The van der Waals surface area contributed by atoms with Crippen molar-refractivity contribution < 1.29 is 9.90 Å². The molecule has 2 fully saturated rings. The number of carbonyl (C=O) groups excluding carboxylic acids is 1. The van der Waals surface area contributed by atoms with Crippen molar-refractivity contribution in [2.75, 3.05) is 6.54 Å². The van der Waals surface area contributed by atoms with E-state index in [1.165, 1.54) is 12.5 Å². The average molecular weight is 536 g/mol. The Morgan fingerprint density at radius 3 is 2.81 bits per heavy atom. The lowest BCUT2D eigenvalue weighted by Crippen LogP contribution is -2.50. The number of benzene rings is 2. The Hall–Kier alpha value is -1.87. The lowest BCUT2D eigenvalue weighted by Gasteiger charge is -2.27. The number of amides is 1. The molecule has 1 amide bonds. The van der Waals surface area contributed by atoms with Crippen molar-refractivity contribution in [3.8, 4) is 5.75 Å². The van der Waals surface area contributed by atoms with E-state index in [4.69, 9.17) is 22.0 Å². The number of carbonyl (C=O) groups is 1. The van der Waals surface area contributed by atoms with Crippen LogP contribution in [0.1, 0.15) is 31.7 Å². The van der Waals surface area contributed by atoms with Gasteiger partial charge in [-0.05, 0) is 49.1 Å². The number of fused-ring (bicyclic) bond motifs is 1. The fourth-order valence-corrected chi connectivity index (χ4v) is 5.49. The molecule has 2 heterocycles. The first-order chi connectivity index (χ1) is 15.4. The van der Waals surface area contributed by atoms with Crippen LogP contribution in [0.2, 0.25) is 5.02 Å². The van der Waals surface area contributed by atoms with E-state index >= 15 is 0 Å². The summed E-state index contributed by atoms with van der Waals surface area (Å²) in [5.74, 6) is -1.00. The van der Waals surface area contributed by atoms with Crippen molar-refractivity contribution in [2.45, 2.75) is 36.8 Å². The quantitative estimate of drug-likeness (QED) is 0.321. The highest BCUT2D eigenvalue weighted by Gasteiger charge is 2.46. The van der Waals surface area contributed by atoms with Gasteiger partial charge >= 0.3 is 0 Å². The number of piperidine rings is 1. The zero-order valence-electron chi connectivity index (χ0n) is 17.5. The van der Waals surface area contributed by atoms with Gasteiger partial charge in [-0.1, -0.05) is 46.6 Å². The Kier molecular flexibility index (Phi) is 7.24. The standard InChI is InChI=1S/C23H24BrClN4O2S/c1-2-16(20(26)22(31)28-29-11-3-4-19-23(29)32-19)21(13-5-7-14(24)8-6-13)27-17-10-9-15(25)12-18(17)30/h5-10,12,16,19,23,26,30H,2-4,11H2,1H3,(H,28,31). The van der Waals surface area contributed by atoms with Crippen molar-refractivity contribution in [2.24, 2.45) is 10.9 Å². The van der Waals surface area contributed by atoms with Gasteiger partial charge < -0.3 is 5.11 Å². The first-order valence-corrected chi connectivity index (χ1v) is 12.6. The molecule has 0 aromatic heterocycles. The molecule has 0 aliphatic carbocycles. The minimum Gasteiger partial charge on any atom is -0.506 e. The van der Waals surface area contributed by atoms with Crippen LogP contribution in [0.4, 0.5) is 5.69 Å². The summed E-state index contributed by atoms with van der Waals surface area (Å²) in [6, 6.07) is 12.3. The number of aliphatic imine (C=N–C) groups is 1. The fraction of sp³-hybridized carbons (Fsp3) is 0.348. The maximum atomic E-state index is 13.0. The number of halogens is 2. The predicted octanol–water partition coefficient (Wildman–Crippen LogP) is 5.54. The van der Waals surface area contributed by atoms with E-state index in [1.54, 1.807) is 12.1 Å². The summed E-state index contributed by atoms with van der Waals surface area (Å²) in [6.07, 6.45) is 2.73. The molecular formula is C23H24BrClN4O2S. The van der Waals surface area contributed by atoms with Gasteiger partial charge in [-0.2, -0.15) is 0 Å². The zero-order chi connectivity index (χ0) is 22.8. The molecule has 2 aromatic rings. The fourth-order valence-electron chi connectivity index (χ4n) is 3.90. The van der Waals surface area contributed by atoms with Gasteiger partial charge in [0.2, 0.25) is 0 Å². The van der Waals surface area contributed by atoms with Gasteiger partial charge in [0.1, 0.15) is 17.1 Å². The van der Waals surface area contributed by atoms with Crippen LogP contribution in [0.3, 0.4) is 0 Å². The molecule has 3 unspecified atom stereocenters. The Morgan fingerprint density at radius 1 is 1.38 bits per heavy atom. The topological polar surface area (TPSA) is 88.8 Å². The molecule has 32 heavy (non-hydrogen) atoms. The maximum Gasteiger partial charge on any atom is 0.279 e. The molecule has 9 heteroatoms. The number of phenolic OH excluding ortho intramolecular Hbond substituents is 1. The predicted molar refractivity (Wildman–Crippen MR) is 134 cm³/mol. The van der Waals surface area contributed by atoms with Gasteiger partial charge in [0.15, 0.2) is 0 Å². The average Bonchev–Trinajstić information content (AvgIpc) is 3.56. The Balaban J connectivity index is 1.64.